The van der Waals surface area contributed by atoms with Crippen molar-refractivity contribution in [1.29, 1.82) is 0 Å². The Hall–Kier alpha value is -3.22. The Balaban J connectivity index is 1.81. The first-order valence-corrected chi connectivity index (χ1v) is 8.87. The SMILES string of the molecule is CCOC(=O)c1cc2c(ccn2C)n1CC(=O)Nc1ccc(OCC)cc1. The Kier molecular flexibility index (Phi) is 5.49. The van der Waals surface area contributed by atoms with Crippen molar-refractivity contribution in [3.05, 3.63) is 48.3 Å². The molecular weight excluding hydrogens is 346 g/mol. The molecule has 0 atom stereocenters. The minimum Gasteiger partial charge on any atom is -0.494 e. The van der Waals surface area contributed by atoms with Crippen LogP contribution in [0.2, 0.25) is 0 Å². The molecule has 0 aliphatic heterocycles. The van der Waals surface area contributed by atoms with Gasteiger partial charge in [0, 0.05) is 18.9 Å². The predicted molar refractivity (Wildman–Crippen MR) is 103 cm³/mol. The summed E-state index contributed by atoms with van der Waals surface area (Å²) in [7, 11) is 1.89. The molecule has 2 heterocycles. The molecule has 3 rings (SSSR count). The molecule has 27 heavy (non-hydrogen) atoms. The number of amides is 1. The number of carbonyl (C=O) groups excluding carboxylic acids is 2. The lowest BCUT2D eigenvalue weighted by atomic mass is 10.3. The van der Waals surface area contributed by atoms with Crippen molar-refractivity contribution in [3.8, 4) is 5.75 Å². The van der Waals surface area contributed by atoms with Crippen LogP contribution in [0.25, 0.3) is 11.0 Å². The molecule has 0 bridgehead atoms. The van der Waals surface area contributed by atoms with Crippen LogP contribution in [0, 0.1) is 0 Å². The summed E-state index contributed by atoms with van der Waals surface area (Å²) in [6.07, 6.45) is 1.89. The molecule has 0 aliphatic rings. The van der Waals surface area contributed by atoms with E-state index in [0.29, 0.717) is 18.0 Å². The molecule has 142 valence electrons. The molecule has 0 saturated carbocycles. The molecule has 1 N–H and O–H groups in total. The van der Waals surface area contributed by atoms with Crippen LogP contribution in [-0.4, -0.2) is 34.2 Å². The number of benzene rings is 1. The van der Waals surface area contributed by atoms with Crippen molar-refractivity contribution in [3.63, 3.8) is 0 Å². The van der Waals surface area contributed by atoms with Crippen LogP contribution < -0.4 is 10.1 Å². The maximum Gasteiger partial charge on any atom is 0.355 e. The number of nitrogens with one attached hydrogen (secondary N) is 1. The zero-order valence-corrected chi connectivity index (χ0v) is 15.7. The van der Waals surface area contributed by atoms with E-state index in [9.17, 15) is 9.59 Å². The number of esters is 1. The molecule has 0 saturated heterocycles. The van der Waals surface area contributed by atoms with Gasteiger partial charge < -0.3 is 23.9 Å². The Morgan fingerprint density at radius 3 is 2.44 bits per heavy atom. The smallest absolute Gasteiger partial charge is 0.355 e. The summed E-state index contributed by atoms with van der Waals surface area (Å²) in [5.74, 6) is 0.0742. The van der Waals surface area contributed by atoms with Gasteiger partial charge in [-0.05, 0) is 50.2 Å². The summed E-state index contributed by atoms with van der Waals surface area (Å²) in [6.45, 7) is 4.54. The van der Waals surface area contributed by atoms with Crippen molar-refractivity contribution in [2.24, 2.45) is 7.05 Å². The van der Waals surface area contributed by atoms with Crippen LogP contribution in [0.5, 0.6) is 5.75 Å². The summed E-state index contributed by atoms with van der Waals surface area (Å²) in [5.41, 5.74) is 2.70. The second-order valence-corrected chi connectivity index (χ2v) is 6.04. The van der Waals surface area contributed by atoms with Crippen molar-refractivity contribution in [1.82, 2.24) is 9.13 Å². The fraction of sp³-hybridized carbons (Fsp3) is 0.300. The number of hydrogen-bond acceptors (Lipinski definition) is 4. The maximum atomic E-state index is 12.6. The van der Waals surface area contributed by atoms with Crippen molar-refractivity contribution < 1.29 is 19.1 Å². The third kappa shape index (κ3) is 3.97. The molecule has 7 heteroatoms. The van der Waals surface area contributed by atoms with Gasteiger partial charge in [-0.25, -0.2) is 4.79 Å². The molecule has 2 aromatic heterocycles. The number of rotatable bonds is 7. The number of anilines is 1. The first kappa shape index (κ1) is 18.6. The van der Waals surface area contributed by atoms with E-state index >= 15 is 0 Å². The van der Waals surface area contributed by atoms with Crippen molar-refractivity contribution >= 4 is 28.6 Å². The van der Waals surface area contributed by atoms with Gasteiger partial charge in [0.2, 0.25) is 5.91 Å². The Morgan fingerprint density at radius 2 is 1.78 bits per heavy atom. The molecular formula is C20H23N3O4. The lowest BCUT2D eigenvalue weighted by Gasteiger charge is -2.11. The number of hydrogen-bond donors (Lipinski definition) is 1. The van der Waals surface area contributed by atoms with Gasteiger partial charge in [-0.2, -0.15) is 0 Å². The highest BCUT2D eigenvalue weighted by Crippen LogP contribution is 2.22. The fourth-order valence-electron chi connectivity index (χ4n) is 2.96. The van der Waals surface area contributed by atoms with Gasteiger partial charge >= 0.3 is 5.97 Å². The minimum atomic E-state index is -0.442. The van der Waals surface area contributed by atoms with Crippen molar-refractivity contribution in [2.75, 3.05) is 18.5 Å². The standard InChI is InChI=1S/C20H23N3O4/c1-4-26-15-8-6-14(7-9-15)21-19(24)13-23-16-10-11-22(3)17(16)12-18(23)20(25)27-5-2/h6-12H,4-5,13H2,1-3H3,(H,21,24). The molecule has 0 aliphatic carbocycles. The molecule has 0 radical (unpaired) electrons. The van der Waals surface area contributed by atoms with Crippen molar-refractivity contribution in [2.45, 2.75) is 20.4 Å². The molecule has 7 nitrogen and oxygen atoms in total. The van der Waals surface area contributed by atoms with Crippen LogP contribution in [0.3, 0.4) is 0 Å². The highest BCUT2D eigenvalue weighted by molar-refractivity contribution is 5.97. The van der Waals surface area contributed by atoms with Gasteiger partial charge in [-0.15, -0.1) is 0 Å². The van der Waals surface area contributed by atoms with Crippen LogP contribution in [0.4, 0.5) is 5.69 Å². The minimum absolute atomic E-state index is 0.00880. The van der Waals surface area contributed by atoms with Crippen LogP contribution >= 0.6 is 0 Å². The average Bonchev–Trinajstić information content (AvgIpc) is 3.18. The Bertz CT molecular complexity index is 954. The maximum absolute atomic E-state index is 12.6. The zero-order valence-electron chi connectivity index (χ0n) is 15.7. The van der Waals surface area contributed by atoms with E-state index in [-0.39, 0.29) is 19.1 Å². The number of aryl methyl sites for hydroxylation is 1. The summed E-state index contributed by atoms with van der Waals surface area (Å²) in [5, 5.41) is 2.84. The van der Waals surface area contributed by atoms with E-state index in [4.69, 9.17) is 9.47 Å². The second-order valence-electron chi connectivity index (χ2n) is 6.04. The number of ether oxygens (including phenoxy) is 2. The molecule has 3 aromatic rings. The molecule has 1 amide bonds. The summed E-state index contributed by atoms with van der Waals surface area (Å²) >= 11 is 0. The first-order valence-electron chi connectivity index (χ1n) is 8.87. The van der Waals surface area contributed by atoms with E-state index in [0.717, 1.165) is 16.8 Å². The highest BCUT2D eigenvalue weighted by atomic mass is 16.5. The van der Waals surface area contributed by atoms with Crippen LogP contribution in [0.15, 0.2) is 42.6 Å². The third-order valence-corrected chi connectivity index (χ3v) is 4.19. The molecule has 0 spiro atoms. The summed E-state index contributed by atoms with van der Waals surface area (Å²) in [4.78, 5) is 24.8. The summed E-state index contributed by atoms with van der Waals surface area (Å²) < 4.78 is 14.1. The molecule has 1 aromatic carbocycles. The van der Waals surface area contributed by atoms with E-state index in [1.54, 1.807) is 41.8 Å². The zero-order chi connectivity index (χ0) is 19.4. The van der Waals surface area contributed by atoms with Gasteiger partial charge in [-0.3, -0.25) is 4.79 Å². The Morgan fingerprint density at radius 1 is 1.04 bits per heavy atom. The van der Waals surface area contributed by atoms with E-state index < -0.39 is 5.97 Å². The second kappa shape index (κ2) is 7.99. The monoisotopic (exact) mass is 369 g/mol. The van der Waals surface area contributed by atoms with Crippen LogP contribution in [0.1, 0.15) is 24.3 Å². The topological polar surface area (TPSA) is 74.5 Å². The largest absolute Gasteiger partial charge is 0.494 e. The normalized spacial score (nSPS) is 10.8. The van der Waals surface area contributed by atoms with Gasteiger partial charge in [0.1, 0.15) is 18.0 Å². The van der Waals surface area contributed by atoms with E-state index in [1.165, 1.54) is 0 Å². The highest BCUT2D eigenvalue weighted by Gasteiger charge is 2.20. The number of aromatic nitrogens is 2. The fourth-order valence-corrected chi connectivity index (χ4v) is 2.96. The molecule has 0 fully saturated rings. The number of carbonyl (C=O) groups is 2. The number of nitrogens with zero attached hydrogens (tertiary/aromatic N) is 2. The lowest BCUT2D eigenvalue weighted by molar-refractivity contribution is -0.116. The average molecular weight is 369 g/mol. The lowest BCUT2D eigenvalue weighted by Crippen LogP contribution is -2.22. The molecule has 0 unspecified atom stereocenters. The van der Waals surface area contributed by atoms with Gasteiger partial charge in [0.05, 0.1) is 24.2 Å². The summed E-state index contributed by atoms with van der Waals surface area (Å²) in [6, 6.07) is 10.8. The predicted octanol–water partition coefficient (Wildman–Crippen LogP) is 3.19. The number of fused-ring (bicyclic) bond motifs is 1. The van der Waals surface area contributed by atoms with E-state index in [2.05, 4.69) is 5.32 Å². The van der Waals surface area contributed by atoms with Crippen LogP contribution in [-0.2, 0) is 23.1 Å². The Labute approximate surface area is 157 Å². The van der Waals surface area contributed by atoms with Gasteiger partial charge in [0.25, 0.3) is 0 Å². The van der Waals surface area contributed by atoms with Gasteiger partial charge in [0.15, 0.2) is 0 Å². The van der Waals surface area contributed by atoms with E-state index in [1.807, 2.05) is 30.8 Å². The third-order valence-electron chi connectivity index (χ3n) is 4.19. The quantitative estimate of drug-likeness (QED) is 0.649. The van der Waals surface area contributed by atoms with Gasteiger partial charge in [-0.1, -0.05) is 0 Å². The first-order chi connectivity index (χ1) is 13.0.